The molecule has 3 fully saturated rings. The first-order valence-electron chi connectivity index (χ1n) is 12.9. The first-order chi connectivity index (χ1) is 18.2. The lowest BCUT2D eigenvalue weighted by atomic mass is 9.98. The molecule has 0 radical (unpaired) electrons. The zero-order valence-corrected chi connectivity index (χ0v) is 22.7. The second-order valence-electron chi connectivity index (χ2n) is 10.4. The number of sulfonamides is 1. The third kappa shape index (κ3) is 4.76. The van der Waals surface area contributed by atoms with Crippen LogP contribution in [0.25, 0.3) is 5.65 Å². The Hall–Kier alpha value is -3.09. The van der Waals surface area contributed by atoms with E-state index in [0.29, 0.717) is 11.6 Å². The summed E-state index contributed by atoms with van der Waals surface area (Å²) in [4.78, 5) is 25.0. The van der Waals surface area contributed by atoms with E-state index >= 15 is 0 Å². The smallest absolute Gasteiger partial charge is 0.256 e. The SMILES string of the molecule is CS(=O)(=O)Nc1ccc(Cl)cc1C(=O)N1CCCC[C@H]1c1cc2nc(N3CCC3)cc(N3CC(N)C3)n2n1. The molecule has 1 atom stereocenters. The van der Waals surface area contributed by atoms with Crippen LogP contribution < -0.4 is 20.3 Å². The number of nitrogens with zero attached hydrogens (tertiary/aromatic N) is 6. The summed E-state index contributed by atoms with van der Waals surface area (Å²) in [6.07, 6.45) is 4.75. The van der Waals surface area contributed by atoms with Gasteiger partial charge in [0.1, 0.15) is 11.6 Å². The van der Waals surface area contributed by atoms with Crippen molar-refractivity contribution in [3.05, 3.63) is 46.6 Å². The largest absolute Gasteiger partial charge is 0.356 e. The number of carbonyl (C=O) groups is 1. The first kappa shape index (κ1) is 25.2. The zero-order valence-electron chi connectivity index (χ0n) is 21.2. The van der Waals surface area contributed by atoms with Gasteiger partial charge in [-0.25, -0.2) is 13.4 Å². The number of benzene rings is 1. The lowest BCUT2D eigenvalue weighted by molar-refractivity contribution is 0.0607. The van der Waals surface area contributed by atoms with Crippen molar-refractivity contribution in [1.29, 1.82) is 0 Å². The minimum atomic E-state index is -3.59. The molecular weight excluding hydrogens is 528 g/mol. The van der Waals surface area contributed by atoms with Gasteiger partial charge in [-0.05, 0) is 43.9 Å². The van der Waals surface area contributed by atoms with Crippen molar-refractivity contribution in [1.82, 2.24) is 19.5 Å². The predicted molar refractivity (Wildman–Crippen MR) is 148 cm³/mol. The van der Waals surface area contributed by atoms with Gasteiger partial charge in [0.2, 0.25) is 10.0 Å². The number of carbonyl (C=O) groups excluding carboxylic acids is 1. The second kappa shape index (κ2) is 9.58. The van der Waals surface area contributed by atoms with E-state index in [4.69, 9.17) is 27.4 Å². The van der Waals surface area contributed by atoms with E-state index in [-0.39, 0.29) is 29.2 Å². The van der Waals surface area contributed by atoms with Crippen molar-refractivity contribution in [2.24, 2.45) is 5.73 Å². The Bertz CT molecular complexity index is 1500. The molecule has 3 N–H and O–H groups in total. The summed E-state index contributed by atoms with van der Waals surface area (Å²) in [7, 11) is -3.59. The van der Waals surface area contributed by atoms with Crippen molar-refractivity contribution in [3.63, 3.8) is 0 Å². The van der Waals surface area contributed by atoms with Crippen molar-refractivity contribution in [2.45, 2.75) is 37.8 Å². The van der Waals surface area contributed by atoms with Gasteiger partial charge in [0, 0.05) is 55.9 Å². The van der Waals surface area contributed by atoms with Crippen LogP contribution in [0, 0.1) is 0 Å². The minimum Gasteiger partial charge on any atom is -0.356 e. The molecule has 0 bridgehead atoms. The fourth-order valence-corrected chi connectivity index (χ4v) is 6.13. The molecule has 6 rings (SSSR count). The number of aromatic nitrogens is 3. The number of nitrogens with one attached hydrogen (secondary N) is 1. The molecule has 1 amide bonds. The maximum absolute atomic E-state index is 13.9. The highest BCUT2D eigenvalue weighted by atomic mass is 35.5. The molecule has 3 saturated heterocycles. The van der Waals surface area contributed by atoms with Crippen LogP contribution in [-0.2, 0) is 10.0 Å². The summed E-state index contributed by atoms with van der Waals surface area (Å²) in [6.45, 7) is 4.01. The topological polar surface area (TPSA) is 129 Å². The van der Waals surface area contributed by atoms with Crippen LogP contribution in [-0.4, -0.2) is 78.8 Å². The molecule has 11 nitrogen and oxygen atoms in total. The normalized spacial score (nSPS) is 20.4. The summed E-state index contributed by atoms with van der Waals surface area (Å²) in [6, 6.07) is 8.50. The zero-order chi connectivity index (χ0) is 26.6. The van der Waals surface area contributed by atoms with Crippen LogP contribution in [0.3, 0.4) is 0 Å². The number of rotatable bonds is 6. The highest BCUT2D eigenvalue weighted by molar-refractivity contribution is 7.92. The molecule has 3 aliphatic rings. The molecule has 0 saturated carbocycles. The van der Waals surface area contributed by atoms with E-state index in [1.165, 1.54) is 12.1 Å². The number of anilines is 3. The van der Waals surface area contributed by atoms with Crippen LogP contribution in [0.5, 0.6) is 0 Å². The van der Waals surface area contributed by atoms with E-state index in [2.05, 4.69) is 20.6 Å². The summed E-state index contributed by atoms with van der Waals surface area (Å²) < 4.78 is 28.2. The Morgan fingerprint density at radius 3 is 2.55 bits per heavy atom. The molecule has 3 aromatic rings. The Morgan fingerprint density at radius 1 is 1.08 bits per heavy atom. The molecule has 13 heteroatoms. The lowest BCUT2D eigenvalue weighted by Gasteiger charge is -2.39. The number of piperidine rings is 1. The number of amides is 1. The molecular formula is C25H31ClN8O3S. The van der Waals surface area contributed by atoms with Gasteiger partial charge in [0.05, 0.1) is 29.2 Å². The molecule has 0 unspecified atom stereocenters. The fraction of sp³-hybridized carbons (Fsp3) is 0.480. The van der Waals surface area contributed by atoms with Crippen LogP contribution in [0.15, 0.2) is 30.3 Å². The summed E-state index contributed by atoms with van der Waals surface area (Å²) >= 11 is 6.22. The molecule has 0 aliphatic carbocycles. The second-order valence-corrected chi connectivity index (χ2v) is 12.6. The van der Waals surface area contributed by atoms with Crippen LogP contribution in [0.4, 0.5) is 17.3 Å². The Balaban J connectivity index is 1.38. The maximum Gasteiger partial charge on any atom is 0.256 e. The van der Waals surface area contributed by atoms with E-state index in [9.17, 15) is 13.2 Å². The Labute approximate surface area is 226 Å². The third-order valence-electron chi connectivity index (χ3n) is 7.44. The Morgan fingerprint density at radius 2 is 1.87 bits per heavy atom. The van der Waals surface area contributed by atoms with Crippen LogP contribution >= 0.6 is 11.6 Å². The maximum atomic E-state index is 13.9. The van der Waals surface area contributed by atoms with E-state index < -0.39 is 10.0 Å². The third-order valence-corrected chi connectivity index (χ3v) is 8.27. The lowest BCUT2D eigenvalue weighted by Crippen LogP contribution is -2.56. The molecule has 3 aliphatic heterocycles. The quantitative estimate of drug-likeness (QED) is 0.472. The van der Waals surface area contributed by atoms with Gasteiger partial charge in [-0.3, -0.25) is 9.52 Å². The van der Waals surface area contributed by atoms with Gasteiger partial charge >= 0.3 is 0 Å². The van der Waals surface area contributed by atoms with Crippen molar-refractivity contribution >= 4 is 50.5 Å². The number of halogens is 1. The minimum absolute atomic E-state index is 0.139. The Kier molecular flexibility index (Phi) is 6.36. The van der Waals surface area contributed by atoms with Gasteiger partial charge in [0.25, 0.3) is 5.91 Å². The average molecular weight is 559 g/mol. The molecule has 0 spiro atoms. The number of fused-ring (bicyclic) bond motifs is 1. The highest BCUT2D eigenvalue weighted by Gasteiger charge is 2.34. The van der Waals surface area contributed by atoms with Crippen LogP contribution in [0.2, 0.25) is 5.02 Å². The van der Waals surface area contributed by atoms with Gasteiger partial charge in [0.15, 0.2) is 5.65 Å². The van der Waals surface area contributed by atoms with Gasteiger partial charge in [-0.1, -0.05) is 11.6 Å². The summed E-state index contributed by atoms with van der Waals surface area (Å²) in [5.41, 5.74) is 8.00. The molecule has 5 heterocycles. The first-order valence-corrected chi connectivity index (χ1v) is 15.2. The highest BCUT2D eigenvalue weighted by Crippen LogP contribution is 2.35. The summed E-state index contributed by atoms with van der Waals surface area (Å²) in [5.74, 6) is 1.59. The predicted octanol–water partition coefficient (Wildman–Crippen LogP) is 2.48. The average Bonchev–Trinajstić information content (AvgIpc) is 3.24. The van der Waals surface area contributed by atoms with Crippen molar-refractivity contribution in [3.8, 4) is 0 Å². The molecule has 38 heavy (non-hydrogen) atoms. The number of hydrogen-bond acceptors (Lipinski definition) is 8. The van der Waals surface area contributed by atoms with E-state index in [1.54, 1.807) is 11.0 Å². The standard InChI is InChI=1S/C25H31ClN8O3S/c1-38(36,37)30-19-7-6-16(26)11-18(19)25(35)33-10-3-2-5-21(33)20-12-23-28-22(31-8-4-9-31)13-24(34(23)29-20)32-14-17(27)15-32/h6-7,11-13,17,21,30H,2-5,8-10,14-15,27H2,1H3/t21-/m0/s1. The molecule has 1 aromatic carbocycles. The van der Waals surface area contributed by atoms with Gasteiger partial charge in [-0.15, -0.1) is 0 Å². The number of hydrogen-bond donors (Lipinski definition) is 2. The van der Waals surface area contributed by atoms with E-state index in [1.807, 2.05) is 10.6 Å². The number of nitrogens with two attached hydrogens (primary N) is 1. The molecule has 2 aromatic heterocycles. The number of likely N-dealkylation sites (tertiary alicyclic amines) is 1. The van der Waals surface area contributed by atoms with Gasteiger partial charge in [-0.2, -0.15) is 9.61 Å². The van der Waals surface area contributed by atoms with Crippen LogP contribution in [0.1, 0.15) is 47.8 Å². The monoisotopic (exact) mass is 558 g/mol. The molecule has 202 valence electrons. The van der Waals surface area contributed by atoms with Crippen molar-refractivity contribution < 1.29 is 13.2 Å². The van der Waals surface area contributed by atoms with Gasteiger partial charge < -0.3 is 20.4 Å². The van der Waals surface area contributed by atoms with Crippen molar-refractivity contribution in [2.75, 3.05) is 53.5 Å². The van der Waals surface area contributed by atoms with E-state index in [0.717, 1.165) is 81.1 Å². The summed E-state index contributed by atoms with van der Waals surface area (Å²) in [5, 5.41) is 5.31. The fourth-order valence-electron chi connectivity index (χ4n) is 5.38.